The highest BCUT2D eigenvalue weighted by atomic mass is 16.6. The molecule has 2 fully saturated rings. The standard InChI is InChI=1S/C35H39N3O7/c1-22-11-8-12-23(2)30(22)37-18-9-17-35-29(32(41)38(19-10-20-39)31(35)33(37)42)28-25(45-35)15-6-7-16-27(40)36-21-26(44-34(28)43)24-13-4-3-5-14-24/h3-6,8-9,11-15,17,25-26,28-29,31,39H,7,10,16,18-21H2,1-2H3,(H,36,40)/b15-6-/t25-,26+,28+,29+,31-,35+/m0/s1. The van der Waals surface area contributed by atoms with Gasteiger partial charge in [0.05, 0.1) is 18.6 Å². The summed E-state index contributed by atoms with van der Waals surface area (Å²) in [6, 6.07) is 13.9. The highest BCUT2D eigenvalue weighted by Crippen LogP contribution is 2.53. The van der Waals surface area contributed by atoms with Crippen molar-refractivity contribution in [3.05, 3.63) is 89.5 Å². The van der Waals surface area contributed by atoms with Crippen LogP contribution in [0.25, 0.3) is 0 Å². The number of aliphatic hydroxyl groups is 1. The molecule has 2 aromatic rings. The third-order valence-electron chi connectivity index (χ3n) is 9.31. The van der Waals surface area contributed by atoms with Crippen molar-refractivity contribution in [2.75, 3.05) is 31.1 Å². The van der Waals surface area contributed by atoms with Crippen molar-refractivity contribution in [2.45, 2.75) is 57.0 Å². The Morgan fingerprint density at radius 2 is 1.73 bits per heavy atom. The van der Waals surface area contributed by atoms with Crippen molar-refractivity contribution in [3.63, 3.8) is 0 Å². The van der Waals surface area contributed by atoms with Crippen molar-refractivity contribution in [3.8, 4) is 0 Å². The largest absolute Gasteiger partial charge is 0.455 e. The minimum absolute atomic E-state index is 0.0781. The van der Waals surface area contributed by atoms with Gasteiger partial charge in [-0.05, 0) is 43.4 Å². The molecule has 45 heavy (non-hydrogen) atoms. The number of hydrogen-bond acceptors (Lipinski definition) is 7. The zero-order chi connectivity index (χ0) is 31.7. The summed E-state index contributed by atoms with van der Waals surface area (Å²) in [5, 5.41) is 12.6. The predicted octanol–water partition coefficient (Wildman–Crippen LogP) is 2.92. The van der Waals surface area contributed by atoms with Gasteiger partial charge in [-0.2, -0.15) is 0 Å². The average molecular weight is 614 g/mol. The summed E-state index contributed by atoms with van der Waals surface area (Å²) in [5.41, 5.74) is 1.88. The normalized spacial score (nSPS) is 30.8. The molecule has 6 rings (SSSR count). The molecule has 4 aliphatic rings. The minimum Gasteiger partial charge on any atom is -0.455 e. The summed E-state index contributed by atoms with van der Waals surface area (Å²) in [6.45, 7) is 4.19. The molecule has 10 heteroatoms. The van der Waals surface area contributed by atoms with E-state index in [2.05, 4.69) is 5.32 Å². The summed E-state index contributed by atoms with van der Waals surface area (Å²) < 4.78 is 12.9. The maximum absolute atomic E-state index is 14.7. The average Bonchev–Trinajstić information content (AvgIpc) is 3.41. The molecule has 0 aromatic heterocycles. The lowest BCUT2D eigenvalue weighted by atomic mass is 9.77. The SMILES string of the molecule is Cc1cccc(C)c1N1CC=C[C@@]23O[C@H]4/C=C\CCC(=O)NC[C@H](c5ccccc5)OC(=O)[C@H]4[C@@H]2C(=O)N(CCCO)[C@H]3C1=O. The van der Waals surface area contributed by atoms with Crippen LogP contribution >= 0.6 is 0 Å². The van der Waals surface area contributed by atoms with E-state index in [-0.39, 0.29) is 56.8 Å². The van der Waals surface area contributed by atoms with Crippen LogP contribution in [0.1, 0.15) is 42.1 Å². The lowest BCUT2D eigenvalue weighted by molar-refractivity contribution is -0.159. The highest BCUT2D eigenvalue weighted by Gasteiger charge is 2.71. The summed E-state index contributed by atoms with van der Waals surface area (Å²) in [7, 11) is 0. The topological polar surface area (TPSA) is 125 Å². The van der Waals surface area contributed by atoms with Crippen LogP contribution in [0.15, 0.2) is 72.8 Å². The number of allylic oxidation sites excluding steroid dienone is 1. The Bertz CT molecular complexity index is 1520. The maximum Gasteiger partial charge on any atom is 0.313 e. The van der Waals surface area contributed by atoms with Crippen LogP contribution in [-0.4, -0.2) is 77.7 Å². The number of likely N-dealkylation sites (tertiary alicyclic amines) is 1. The molecule has 0 saturated carbocycles. The van der Waals surface area contributed by atoms with Crippen LogP contribution in [0.2, 0.25) is 0 Å². The molecule has 2 saturated heterocycles. The third-order valence-corrected chi connectivity index (χ3v) is 9.31. The minimum atomic E-state index is -1.44. The molecule has 4 heterocycles. The molecular weight excluding hydrogens is 574 g/mol. The van der Waals surface area contributed by atoms with Gasteiger partial charge in [-0.15, -0.1) is 0 Å². The smallest absolute Gasteiger partial charge is 0.313 e. The number of cyclic esters (lactones) is 1. The van der Waals surface area contributed by atoms with Gasteiger partial charge in [0.25, 0.3) is 5.91 Å². The second-order valence-corrected chi connectivity index (χ2v) is 12.1. The number of hydrogen-bond donors (Lipinski definition) is 2. The Labute approximate surface area is 262 Å². The lowest BCUT2D eigenvalue weighted by Crippen LogP contribution is -2.55. The maximum atomic E-state index is 14.7. The van der Waals surface area contributed by atoms with E-state index in [4.69, 9.17) is 9.47 Å². The van der Waals surface area contributed by atoms with Crippen LogP contribution in [0.3, 0.4) is 0 Å². The van der Waals surface area contributed by atoms with Crippen molar-refractivity contribution < 1.29 is 33.8 Å². The van der Waals surface area contributed by atoms with Gasteiger partial charge < -0.3 is 29.7 Å². The van der Waals surface area contributed by atoms with Crippen LogP contribution in [0.5, 0.6) is 0 Å². The molecule has 6 atom stereocenters. The Morgan fingerprint density at radius 3 is 2.47 bits per heavy atom. The fourth-order valence-corrected chi connectivity index (χ4v) is 7.32. The van der Waals surface area contributed by atoms with E-state index in [0.29, 0.717) is 12.0 Å². The summed E-state index contributed by atoms with van der Waals surface area (Å²) in [5.74, 6) is -3.57. The van der Waals surface area contributed by atoms with E-state index in [1.54, 1.807) is 23.1 Å². The number of amides is 3. The van der Waals surface area contributed by atoms with Crippen LogP contribution < -0.4 is 10.2 Å². The molecular formula is C35H39N3O7. The fourth-order valence-electron chi connectivity index (χ4n) is 7.32. The van der Waals surface area contributed by atoms with Gasteiger partial charge in [0.15, 0.2) is 0 Å². The van der Waals surface area contributed by atoms with Gasteiger partial charge in [-0.1, -0.05) is 72.8 Å². The summed E-state index contributed by atoms with van der Waals surface area (Å²) in [4.78, 5) is 59.0. The van der Waals surface area contributed by atoms with Crippen molar-refractivity contribution in [1.82, 2.24) is 10.2 Å². The number of ether oxygens (including phenoxy) is 2. The number of benzene rings is 2. The summed E-state index contributed by atoms with van der Waals surface area (Å²) >= 11 is 0. The number of aryl methyl sites for hydroxylation is 2. The molecule has 0 unspecified atom stereocenters. The van der Waals surface area contributed by atoms with Crippen LogP contribution in [0.4, 0.5) is 5.69 Å². The number of esters is 1. The third kappa shape index (κ3) is 5.46. The molecule has 0 bridgehead atoms. The van der Waals surface area contributed by atoms with E-state index in [0.717, 1.165) is 16.8 Å². The van der Waals surface area contributed by atoms with E-state index in [1.807, 2.05) is 68.5 Å². The van der Waals surface area contributed by atoms with E-state index in [1.165, 1.54) is 4.90 Å². The zero-order valence-electron chi connectivity index (χ0n) is 25.6. The first kappa shape index (κ1) is 30.7. The van der Waals surface area contributed by atoms with Gasteiger partial charge in [-0.25, -0.2) is 0 Å². The second kappa shape index (κ2) is 12.6. The number of para-hydroxylation sites is 1. The summed E-state index contributed by atoms with van der Waals surface area (Å²) in [6.07, 6.45) is 6.40. The number of carbonyl (C=O) groups is 4. The van der Waals surface area contributed by atoms with Gasteiger partial charge in [0, 0.05) is 31.8 Å². The lowest BCUT2D eigenvalue weighted by Gasteiger charge is -2.36. The van der Waals surface area contributed by atoms with E-state index < -0.39 is 41.7 Å². The molecule has 0 aliphatic carbocycles. The Kier molecular flexibility index (Phi) is 8.61. The molecule has 4 aliphatic heterocycles. The molecule has 1 spiro atoms. The molecule has 2 aromatic carbocycles. The number of nitrogens with one attached hydrogen (secondary N) is 1. The van der Waals surface area contributed by atoms with Crippen LogP contribution in [-0.2, 0) is 28.7 Å². The number of carbonyl (C=O) groups excluding carboxylic acids is 4. The Morgan fingerprint density at radius 1 is 0.978 bits per heavy atom. The number of anilines is 1. The monoisotopic (exact) mass is 613 g/mol. The quantitative estimate of drug-likeness (QED) is 0.393. The van der Waals surface area contributed by atoms with Crippen molar-refractivity contribution in [1.29, 1.82) is 0 Å². The predicted molar refractivity (Wildman–Crippen MR) is 166 cm³/mol. The van der Waals surface area contributed by atoms with E-state index >= 15 is 0 Å². The van der Waals surface area contributed by atoms with Crippen LogP contribution in [0, 0.1) is 25.7 Å². The number of aliphatic hydroxyl groups excluding tert-OH is 1. The number of rotatable bonds is 5. The molecule has 0 radical (unpaired) electrons. The van der Waals surface area contributed by atoms with Gasteiger partial charge in [0.1, 0.15) is 23.7 Å². The van der Waals surface area contributed by atoms with Crippen molar-refractivity contribution >= 4 is 29.4 Å². The van der Waals surface area contributed by atoms with Gasteiger partial charge >= 0.3 is 5.97 Å². The second-order valence-electron chi connectivity index (χ2n) is 12.1. The van der Waals surface area contributed by atoms with Crippen molar-refractivity contribution in [2.24, 2.45) is 11.8 Å². The Hall–Kier alpha value is -4.28. The van der Waals surface area contributed by atoms with Gasteiger partial charge in [0.2, 0.25) is 11.8 Å². The Balaban J connectivity index is 1.44. The first-order chi connectivity index (χ1) is 21.8. The number of nitrogens with zero attached hydrogens (tertiary/aromatic N) is 2. The first-order valence-corrected chi connectivity index (χ1v) is 15.6. The number of fused-ring (bicyclic) bond motifs is 2. The molecule has 10 nitrogen and oxygen atoms in total. The highest BCUT2D eigenvalue weighted by molar-refractivity contribution is 6.06. The molecule has 3 amide bonds. The molecule has 2 N–H and O–H groups in total. The zero-order valence-corrected chi connectivity index (χ0v) is 25.6. The fraction of sp³-hybridized carbons (Fsp3) is 0.429. The first-order valence-electron chi connectivity index (χ1n) is 15.6. The molecule has 236 valence electrons. The van der Waals surface area contributed by atoms with E-state index in [9.17, 15) is 24.3 Å². The van der Waals surface area contributed by atoms with Gasteiger partial charge in [-0.3, -0.25) is 19.2 Å².